The summed E-state index contributed by atoms with van der Waals surface area (Å²) in [4.78, 5) is 0. The normalized spacial score (nSPS) is 11.9. The molecular weight excluding hydrogens is 212 g/mol. The van der Waals surface area contributed by atoms with E-state index in [1.165, 1.54) is 0 Å². The number of alkyl halides is 3. The molecule has 0 saturated carbocycles. The van der Waals surface area contributed by atoms with Crippen molar-refractivity contribution in [1.29, 1.82) is 0 Å². The van der Waals surface area contributed by atoms with Gasteiger partial charge in [0.2, 0.25) is 0 Å². The van der Waals surface area contributed by atoms with Crippen molar-refractivity contribution in [2.45, 2.75) is 6.18 Å². The molecular formula is C7H3F6N. The third-order valence-corrected chi connectivity index (χ3v) is 1.48. The van der Waals surface area contributed by atoms with Crippen LogP contribution in [0.4, 0.5) is 32.0 Å². The van der Waals surface area contributed by atoms with Gasteiger partial charge in [0.1, 0.15) is 0 Å². The molecule has 1 aromatic carbocycles. The molecule has 0 aliphatic carbocycles. The minimum Gasteiger partial charge on any atom is -0.396 e. The van der Waals surface area contributed by atoms with E-state index in [1.807, 2.05) is 0 Å². The molecule has 0 amide bonds. The van der Waals surface area contributed by atoms with Gasteiger partial charge in [-0.25, -0.2) is 13.2 Å². The molecule has 0 fully saturated rings. The summed E-state index contributed by atoms with van der Waals surface area (Å²) in [6.45, 7) is 0. The van der Waals surface area contributed by atoms with Crippen LogP contribution in [0.5, 0.6) is 0 Å². The zero-order chi connectivity index (χ0) is 11.1. The highest BCUT2D eigenvalue weighted by Crippen LogP contribution is 2.34. The number of nitrogen functional groups attached to an aromatic ring is 1. The maximum Gasteiger partial charge on any atom is 0.419 e. The van der Waals surface area contributed by atoms with Crippen molar-refractivity contribution < 1.29 is 26.3 Å². The van der Waals surface area contributed by atoms with Crippen molar-refractivity contribution in [3.05, 3.63) is 29.1 Å². The number of nitrogens with two attached hydrogens (primary N) is 1. The van der Waals surface area contributed by atoms with Gasteiger partial charge < -0.3 is 5.73 Å². The van der Waals surface area contributed by atoms with Gasteiger partial charge >= 0.3 is 6.18 Å². The molecule has 0 radical (unpaired) electrons. The molecule has 78 valence electrons. The lowest BCUT2D eigenvalue weighted by Crippen LogP contribution is -2.12. The van der Waals surface area contributed by atoms with Gasteiger partial charge in [0, 0.05) is 0 Å². The van der Waals surface area contributed by atoms with E-state index in [2.05, 4.69) is 0 Å². The summed E-state index contributed by atoms with van der Waals surface area (Å²) in [5.74, 6) is -6.34. The maximum atomic E-state index is 12.5. The Balaban J connectivity index is 3.49. The lowest BCUT2D eigenvalue weighted by atomic mass is 10.1. The number of hydrogen-bond donors (Lipinski definition) is 1. The summed E-state index contributed by atoms with van der Waals surface area (Å²) < 4.78 is 73.3. The highest BCUT2D eigenvalue weighted by atomic mass is 19.4. The number of benzene rings is 1. The fourth-order valence-corrected chi connectivity index (χ4v) is 0.830. The fraction of sp³-hybridized carbons (Fsp3) is 0.143. The van der Waals surface area contributed by atoms with Crippen LogP contribution in [0.15, 0.2) is 6.07 Å². The van der Waals surface area contributed by atoms with Crippen LogP contribution in [-0.4, -0.2) is 0 Å². The zero-order valence-electron chi connectivity index (χ0n) is 6.42. The monoisotopic (exact) mass is 215 g/mol. The van der Waals surface area contributed by atoms with Crippen LogP contribution in [0.2, 0.25) is 0 Å². The standard InChI is InChI=1S/C7H3F6N/c8-4-2(7(11,12)13)1-3(14)5(9)6(4)10/h1H,14H2. The van der Waals surface area contributed by atoms with E-state index in [0.29, 0.717) is 0 Å². The van der Waals surface area contributed by atoms with Gasteiger partial charge in [-0.3, -0.25) is 0 Å². The van der Waals surface area contributed by atoms with E-state index in [0.717, 1.165) is 0 Å². The third-order valence-electron chi connectivity index (χ3n) is 1.48. The van der Waals surface area contributed by atoms with Crippen LogP contribution in [0, 0.1) is 17.5 Å². The van der Waals surface area contributed by atoms with Gasteiger partial charge in [-0.05, 0) is 6.07 Å². The van der Waals surface area contributed by atoms with Crippen molar-refractivity contribution in [1.82, 2.24) is 0 Å². The first-order chi connectivity index (χ1) is 6.25. The van der Waals surface area contributed by atoms with Crippen molar-refractivity contribution >= 4 is 5.69 Å². The molecule has 0 aliphatic heterocycles. The number of hydrogen-bond acceptors (Lipinski definition) is 1. The quantitative estimate of drug-likeness (QED) is 0.402. The van der Waals surface area contributed by atoms with Crippen LogP contribution in [0.1, 0.15) is 5.56 Å². The van der Waals surface area contributed by atoms with E-state index in [4.69, 9.17) is 5.73 Å². The van der Waals surface area contributed by atoms with Crippen molar-refractivity contribution in [2.24, 2.45) is 0 Å². The van der Waals surface area contributed by atoms with Crippen molar-refractivity contribution in [3.8, 4) is 0 Å². The molecule has 2 N–H and O–H groups in total. The van der Waals surface area contributed by atoms with Gasteiger partial charge in [0.05, 0.1) is 11.3 Å². The van der Waals surface area contributed by atoms with E-state index in [-0.39, 0.29) is 6.07 Å². The van der Waals surface area contributed by atoms with Gasteiger partial charge in [0.25, 0.3) is 0 Å². The first-order valence-electron chi connectivity index (χ1n) is 3.25. The third kappa shape index (κ3) is 1.61. The summed E-state index contributed by atoms with van der Waals surface area (Å²) in [5, 5.41) is 0. The van der Waals surface area contributed by atoms with Gasteiger partial charge in [-0.1, -0.05) is 0 Å². The van der Waals surface area contributed by atoms with Crippen molar-refractivity contribution in [3.63, 3.8) is 0 Å². The molecule has 0 unspecified atom stereocenters. The number of anilines is 1. The van der Waals surface area contributed by atoms with Gasteiger partial charge in [-0.15, -0.1) is 0 Å². The Morgan fingerprint density at radius 2 is 1.43 bits per heavy atom. The number of halogens is 6. The fourth-order valence-electron chi connectivity index (χ4n) is 0.830. The molecule has 0 saturated heterocycles. The Kier molecular flexibility index (Phi) is 2.34. The summed E-state index contributed by atoms with van der Waals surface area (Å²) in [7, 11) is 0. The Morgan fingerprint density at radius 3 is 1.86 bits per heavy atom. The lowest BCUT2D eigenvalue weighted by Gasteiger charge is -2.09. The van der Waals surface area contributed by atoms with E-state index < -0.39 is 34.9 Å². The topological polar surface area (TPSA) is 26.0 Å². The van der Waals surface area contributed by atoms with Gasteiger partial charge in [0.15, 0.2) is 17.5 Å². The summed E-state index contributed by atoms with van der Waals surface area (Å²) in [6.07, 6.45) is -5.10. The minimum atomic E-state index is -5.10. The minimum absolute atomic E-state index is 0.00769. The molecule has 14 heavy (non-hydrogen) atoms. The lowest BCUT2D eigenvalue weighted by molar-refractivity contribution is -0.140. The molecule has 0 heterocycles. The molecule has 0 aromatic heterocycles. The molecule has 7 heteroatoms. The van der Waals surface area contributed by atoms with Crippen molar-refractivity contribution in [2.75, 3.05) is 5.73 Å². The number of rotatable bonds is 0. The van der Waals surface area contributed by atoms with Crippen LogP contribution < -0.4 is 5.73 Å². The predicted molar refractivity (Wildman–Crippen MR) is 35.7 cm³/mol. The summed E-state index contributed by atoms with van der Waals surface area (Å²) in [5.41, 5.74) is 1.70. The van der Waals surface area contributed by atoms with Crippen LogP contribution in [0.25, 0.3) is 0 Å². The zero-order valence-corrected chi connectivity index (χ0v) is 6.42. The SMILES string of the molecule is Nc1cc(C(F)(F)F)c(F)c(F)c1F. The average molecular weight is 215 g/mol. The van der Waals surface area contributed by atoms with Crippen LogP contribution >= 0.6 is 0 Å². The molecule has 0 aliphatic rings. The van der Waals surface area contributed by atoms with E-state index >= 15 is 0 Å². The largest absolute Gasteiger partial charge is 0.419 e. The first-order valence-corrected chi connectivity index (χ1v) is 3.25. The van der Waals surface area contributed by atoms with Crippen LogP contribution in [0.3, 0.4) is 0 Å². The molecule has 0 atom stereocenters. The summed E-state index contributed by atoms with van der Waals surface area (Å²) >= 11 is 0. The highest BCUT2D eigenvalue weighted by Gasteiger charge is 2.37. The Bertz CT molecular complexity index is 369. The highest BCUT2D eigenvalue weighted by molar-refractivity contribution is 5.44. The smallest absolute Gasteiger partial charge is 0.396 e. The molecule has 1 nitrogen and oxygen atoms in total. The predicted octanol–water partition coefficient (Wildman–Crippen LogP) is 2.70. The Labute approximate surface area is 74.1 Å². The maximum absolute atomic E-state index is 12.5. The second-order valence-corrected chi connectivity index (χ2v) is 2.45. The molecule has 1 rings (SSSR count). The molecule has 0 bridgehead atoms. The van der Waals surface area contributed by atoms with Gasteiger partial charge in [-0.2, -0.15) is 13.2 Å². The second kappa shape index (κ2) is 3.07. The molecule has 0 spiro atoms. The Hall–Kier alpha value is -1.40. The average Bonchev–Trinajstić information content (AvgIpc) is 2.06. The van der Waals surface area contributed by atoms with E-state index in [9.17, 15) is 26.3 Å². The summed E-state index contributed by atoms with van der Waals surface area (Å²) in [6, 6.07) is 0.00769. The molecule has 1 aromatic rings. The Morgan fingerprint density at radius 1 is 0.929 bits per heavy atom. The second-order valence-electron chi connectivity index (χ2n) is 2.45. The van der Waals surface area contributed by atoms with E-state index in [1.54, 1.807) is 0 Å². The first kappa shape index (κ1) is 10.7. The van der Waals surface area contributed by atoms with Crippen LogP contribution in [-0.2, 0) is 6.18 Å².